The second-order valence-electron chi connectivity index (χ2n) is 5.89. The molecule has 2 aromatic rings. The fraction of sp³-hybridized carbons (Fsp3) is 0.286. The molecule has 5 heteroatoms. The molecule has 0 saturated carbocycles. The van der Waals surface area contributed by atoms with Gasteiger partial charge in [0.1, 0.15) is 5.75 Å². The molecule has 0 aliphatic carbocycles. The van der Waals surface area contributed by atoms with Crippen LogP contribution in [0.1, 0.15) is 37.1 Å². The van der Waals surface area contributed by atoms with Gasteiger partial charge in [0.05, 0.1) is 25.3 Å². The van der Waals surface area contributed by atoms with Crippen molar-refractivity contribution in [2.24, 2.45) is 0 Å². The molecule has 26 heavy (non-hydrogen) atoms. The topological polar surface area (TPSA) is 47.6 Å². The minimum atomic E-state index is -0.415. The van der Waals surface area contributed by atoms with Crippen LogP contribution in [0.3, 0.4) is 0 Å². The molecule has 0 aliphatic rings. The number of carbonyl (C=O) groups is 1. The maximum atomic E-state index is 12.2. The normalized spacial score (nSPS) is 12.9. The van der Waals surface area contributed by atoms with Crippen LogP contribution in [0.15, 0.2) is 60.7 Å². The third-order valence-corrected chi connectivity index (χ3v) is 4.37. The van der Waals surface area contributed by atoms with E-state index in [-0.39, 0.29) is 12.1 Å². The lowest BCUT2D eigenvalue weighted by Gasteiger charge is -2.25. The quantitative estimate of drug-likeness (QED) is 0.530. The Morgan fingerprint density at radius 1 is 1.12 bits per heavy atom. The number of hydrogen-bond donors (Lipinski definition) is 1. The van der Waals surface area contributed by atoms with Crippen molar-refractivity contribution in [3.05, 3.63) is 76.8 Å². The molecule has 138 valence electrons. The lowest BCUT2D eigenvalue weighted by molar-refractivity contribution is -0.138. The molecular weight excluding hydrogens is 350 g/mol. The standard InChI is InChI=1S/C21H24ClNO3/c1-5-26-21(24)14(2)20(17-6-10-18(22)11-7-17)23-15(3)16-8-12-19(25-4)13-9-16/h6-13,15,20,23H,2,5H2,1,3-4H3/t15-,20+/m0/s1. The maximum Gasteiger partial charge on any atom is 0.335 e. The smallest absolute Gasteiger partial charge is 0.335 e. The lowest BCUT2D eigenvalue weighted by Crippen LogP contribution is -2.29. The van der Waals surface area contributed by atoms with Crippen LogP contribution in [0.4, 0.5) is 0 Å². The van der Waals surface area contributed by atoms with Gasteiger partial charge >= 0.3 is 5.97 Å². The van der Waals surface area contributed by atoms with E-state index in [0.717, 1.165) is 16.9 Å². The Hall–Kier alpha value is -2.30. The minimum Gasteiger partial charge on any atom is -0.497 e. The largest absolute Gasteiger partial charge is 0.497 e. The summed E-state index contributed by atoms with van der Waals surface area (Å²) in [5.74, 6) is 0.382. The number of ether oxygens (including phenoxy) is 2. The van der Waals surface area contributed by atoms with Gasteiger partial charge in [0, 0.05) is 11.1 Å². The van der Waals surface area contributed by atoms with E-state index in [1.807, 2.05) is 43.3 Å². The predicted molar refractivity (Wildman–Crippen MR) is 105 cm³/mol. The zero-order valence-corrected chi connectivity index (χ0v) is 16.0. The molecule has 2 aromatic carbocycles. The number of carbonyl (C=O) groups excluding carboxylic acids is 1. The van der Waals surface area contributed by atoms with E-state index in [0.29, 0.717) is 17.2 Å². The van der Waals surface area contributed by atoms with E-state index in [1.54, 1.807) is 26.2 Å². The molecule has 0 heterocycles. The molecule has 0 bridgehead atoms. The Morgan fingerprint density at radius 3 is 2.23 bits per heavy atom. The van der Waals surface area contributed by atoms with Crippen LogP contribution in [0.25, 0.3) is 0 Å². The third-order valence-electron chi connectivity index (χ3n) is 4.12. The van der Waals surface area contributed by atoms with E-state index in [9.17, 15) is 4.79 Å². The third kappa shape index (κ3) is 5.10. The Morgan fingerprint density at radius 2 is 1.69 bits per heavy atom. The van der Waals surface area contributed by atoms with Crippen molar-refractivity contribution in [2.45, 2.75) is 25.9 Å². The first-order valence-corrected chi connectivity index (χ1v) is 8.85. The Bertz CT molecular complexity index is 741. The van der Waals surface area contributed by atoms with Crippen molar-refractivity contribution in [1.82, 2.24) is 5.32 Å². The average Bonchev–Trinajstić information content (AvgIpc) is 2.66. The SMILES string of the molecule is C=C(C(=O)OCC)[C@@H](N[C@@H](C)c1ccc(OC)cc1)c1ccc(Cl)cc1. The summed E-state index contributed by atoms with van der Waals surface area (Å²) < 4.78 is 10.3. The summed E-state index contributed by atoms with van der Waals surface area (Å²) in [6, 6.07) is 14.7. The molecule has 0 fully saturated rings. The summed E-state index contributed by atoms with van der Waals surface area (Å²) in [6.45, 7) is 8.07. The summed E-state index contributed by atoms with van der Waals surface area (Å²) in [5.41, 5.74) is 2.32. The maximum absolute atomic E-state index is 12.2. The van der Waals surface area contributed by atoms with Crippen molar-refractivity contribution in [1.29, 1.82) is 0 Å². The number of rotatable bonds is 8. The lowest BCUT2D eigenvalue weighted by atomic mass is 9.97. The number of methoxy groups -OCH3 is 1. The highest BCUT2D eigenvalue weighted by Crippen LogP contribution is 2.27. The van der Waals surface area contributed by atoms with Gasteiger partial charge in [-0.1, -0.05) is 42.4 Å². The fourth-order valence-corrected chi connectivity index (χ4v) is 2.76. The first kappa shape index (κ1) is 20.0. The Balaban J connectivity index is 2.25. The number of esters is 1. The highest BCUT2D eigenvalue weighted by atomic mass is 35.5. The van der Waals surface area contributed by atoms with Crippen LogP contribution in [0, 0.1) is 0 Å². The summed E-state index contributed by atoms with van der Waals surface area (Å²) in [6.07, 6.45) is 0. The summed E-state index contributed by atoms with van der Waals surface area (Å²) in [4.78, 5) is 12.2. The molecule has 4 nitrogen and oxygen atoms in total. The Kier molecular flexibility index (Phi) is 7.25. The van der Waals surface area contributed by atoms with Gasteiger partial charge in [-0.3, -0.25) is 5.32 Å². The summed E-state index contributed by atoms with van der Waals surface area (Å²) in [5, 5.41) is 4.10. The van der Waals surface area contributed by atoms with Crippen LogP contribution < -0.4 is 10.1 Å². The van der Waals surface area contributed by atoms with Crippen molar-refractivity contribution in [2.75, 3.05) is 13.7 Å². The van der Waals surface area contributed by atoms with Gasteiger partial charge in [0.2, 0.25) is 0 Å². The average molecular weight is 374 g/mol. The van der Waals surface area contributed by atoms with Gasteiger partial charge in [0.25, 0.3) is 0 Å². The van der Waals surface area contributed by atoms with Crippen molar-refractivity contribution in [3.63, 3.8) is 0 Å². The summed E-state index contributed by atoms with van der Waals surface area (Å²) >= 11 is 5.99. The number of halogens is 1. The fourth-order valence-electron chi connectivity index (χ4n) is 2.63. The number of nitrogens with one attached hydrogen (secondary N) is 1. The Labute approximate surface area is 159 Å². The van der Waals surface area contributed by atoms with Crippen molar-refractivity contribution >= 4 is 17.6 Å². The molecule has 0 unspecified atom stereocenters. The summed E-state index contributed by atoms with van der Waals surface area (Å²) in [7, 11) is 1.64. The van der Waals surface area contributed by atoms with Crippen LogP contribution in [-0.2, 0) is 9.53 Å². The van der Waals surface area contributed by atoms with Crippen LogP contribution in [0.2, 0.25) is 5.02 Å². The second-order valence-corrected chi connectivity index (χ2v) is 6.33. The van der Waals surface area contributed by atoms with E-state index in [4.69, 9.17) is 21.1 Å². The molecule has 0 saturated heterocycles. The molecule has 0 aromatic heterocycles. The number of hydrogen-bond acceptors (Lipinski definition) is 4. The second kappa shape index (κ2) is 9.41. The zero-order valence-electron chi connectivity index (χ0n) is 15.3. The van der Waals surface area contributed by atoms with Crippen molar-refractivity contribution < 1.29 is 14.3 Å². The van der Waals surface area contributed by atoms with E-state index < -0.39 is 5.97 Å². The van der Waals surface area contributed by atoms with Gasteiger partial charge in [-0.05, 0) is 49.2 Å². The van der Waals surface area contributed by atoms with Crippen molar-refractivity contribution in [3.8, 4) is 5.75 Å². The number of benzene rings is 2. The molecular formula is C21H24ClNO3. The van der Waals surface area contributed by atoms with Gasteiger partial charge in [-0.25, -0.2) is 4.79 Å². The molecule has 0 amide bonds. The molecule has 0 spiro atoms. The molecule has 1 N–H and O–H groups in total. The van der Waals surface area contributed by atoms with E-state index in [2.05, 4.69) is 11.9 Å². The zero-order chi connectivity index (χ0) is 19.1. The molecule has 0 radical (unpaired) electrons. The highest BCUT2D eigenvalue weighted by molar-refractivity contribution is 6.30. The van der Waals surface area contributed by atoms with E-state index >= 15 is 0 Å². The van der Waals surface area contributed by atoms with E-state index in [1.165, 1.54) is 0 Å². The van der Waals surface area contributed by atoms with Crippen LogP contribution in [-0.4, -0.2) is 19.7 Å². The predicted octanol–water partition coefficient (Wildman–Crippen LogP) is 4.86. The molecule has 2 atom stereocenters. The van der Waals surface area contributed by atoms with Gasteiger partial charge in [-0.15, -0.1) is 0 Å². The van der Waals surface area contributed by atoms with Gasteiger partial charge in [0.15, 0.2) is 0 Å². The monoisotopic (exact) mass is 373 g/mol. The first-order chi connectivity index (χ1) is 12.5. The highest BCUT2D eigenvalue weighted by Gasteiger charge is 2.24. The first-order valence-electron chi connectivity index (χ1n) is 8.47. The van der Waals surface area contributed by atoms with Crippen LogP contribution >= 0.6 is 11.6 Å². The van der Waals surface area contributed by atoms with Crippen LogP contribution in [0.5, 0.6) is 5.75 Å². The minimum absolute atomic E-state index is 0.0206. The van der Waals surface area contributed by atoms with Gasteiger partial charge < -0.3 is 9.47 Å². The molecule has 2 rings (SSSR count). The molecule has 0 aliphatic heterocycles. The van der Waals surface area contributed by atoms with Gasteiger partial charge in [-0.2, -0.15) is 0 Å².